The number of aliphatic hydroxyl groups is 1. The van der Waals surface area contributed by atoms with E-state index >= 15 is 0 Å². The first-order valence-corrected chi connectivity index (χ1v) is 5.68. The van der Waals surface area contributed by atoms with Gasteiger partial charge in [0.2, 0.25) is 0 Å². The second-order valence-electron chi connectivity index (χ2n) is 3.98. The van der Waals surface area contributed by atoms with Gasteiger partial charge in [-0.15, -0.1) is 0 Å². The second-order valence-corrected chi connectivity index (χ2v) is 3.98. The van der Waals surface area contributed by atoms with Gasteiger partial charge in [-0.05, 0) is 12.1 Å². The summed E-state index contributed by atoms with van der Waals surface area (Å²) < 4.78 is 43.9. The Kier molecular flexibility index (Phi) is 6.77. The number of aliphatic hydroxyl groups excluding tert-OH is 1. The molecule has 0 amide bonds. The molecule has 0 bridgehead atoms. The Morgan fingerprint density at radius 2 is 1.45 bits per heavy atom. The van der Waals surface area contributed by atoms with Crippen LogP contribution in [0.25, 0.3) is 0 Å². The van der Waals surface area contributed by atoms with Crippen molar-refractivity contribution in [3.05, 3.63) is 54.1 Å². The number of ether oxygens (including phenoxy) is 1. The maximum Gasteiger partial charge on any atom is 1.00 e. The smallest absolute Gasteiger partial charge is 0.460 e. The number of rotatable bonds is 4. The third-order valence-corrected chi connectivity index (χ3v) is 2.63. The van der Waals surface area contributed by atoms with Crippen LogP contribution in [-0.4, -0.2) is 12.1 Å². The Bertz CT molecular complexity index is 576. The van der Waals surface area contributed by atoms with E-state index in [-0.39, 0.29) is 69.5 Å². The first-order valence-electron chi connectivity index (χ1n) is 5.68. The van der Waals surface area contributed by atoms with E-state index < -0.39 is 12.4 Å². The van der Waals surface area contributed by atoms with E-state index in [1.807, 2.05) is 0 Å². The Morgan fingerprint density at radius 3 is 2.05 bits per heavy atom. The molecule has 100 valence electrons. The molecule has 2 aromatic carbocycles. The Balaban J connectivity index is 0.00000200. The van der Waals surface area contributed by atoms with Crippen LogP contribution in [0.3, 0.4) is 0 Å². The predicted molar refractivity (Wildman–Crippen MR) is 67.6 cm³/mol. The van der Waals surface area contributed by atoms with Crippen molar-refractivity contribution in [3.8, 4) is 11.5 Å². The minimum Gasteiger partial charge on any atom is -0.460 e. The van der Waals surface area contributed by atoms with Gasteiger partial charge in [0.1, 0.15) is 11.5 Å². The molecule has 0 saturated carbocycles. The maximum atomic E-state index is 12.9. The van der Waals surface area contributed by atoms with E-state index in [1.54, 1.807) is 18.2 Å². The van der Waals surface area contributed by atoms with E-state index in [4.69, 9.17) is 9.84 Å². The van der Waals surface area contributed by atoms with Gasteiger partial charge < -0.3 is 22.8 Å². The Labute approximate surface area is 157 Å². The normalized spacial score (nSPS) is 10.8. The standard InChI is InChI=1S/C13H11BF3O2.K/c15-14(16,17)11-6-2-4-8-13(11)19-12-7-3-1-5-10(12)9-18;/h1-8,18H,9H2;/q-1;+1. The van der Waals surface area contributed by atoms with Crippen molar-refractivity contribution in [2.75, 3.05) is 0 Å². The van der Waals surface area contributed by atoms with Crippen molar-refractivity contribution in [1.29, 1.82) is 0 Å². The average Bonchev–Trinajstić information content (AvgIpc) is 2.39. The molecular weight excluding hydrogens is 295 g/mol. The van der Waals surface area contributed by atoms with Gasteiger partial charge in [-0.25, -0.2) is 0 Å². The van der Waals surface area contributed by atoms with E-state index in [0.29, 0.717) is 5.56 Å². The minimum absolute atomic E-state index is 0. The monoisotopic (exact) mass is 306 g/mol. The molecule has 2 nitrogen and oxygen atoms in total. The second kappa shape index (κ2) is 7.63. The predicted octanol–water partition coefficient (Wildman–Crippen LogP) is 0.0296. The van der Waals surface area contributed by atoms with Crippen LogP contribution < -0.4 is 61.6 Å². The molecule has 0 saturated heterocycles. The van der Waals surface area contributed by atoms with Crippen LogP contribution in [0.2, 0.25) is 0 Å². The van der Waals surface area contributed by atoms with Crippen LogP contribution in [0.1, 0.15) is 5.56 Å². The van der Waals surface area contributed by atoms with Crippen LogP contribution in [-0.2, 0) is 6.61 Å². The summed E-state index contributed by atoms with van der Waals surface area (Å²) in [6, 6.07) is 11.5. The topological polar surface area (TPSA) is 29.5 Å². The van der Waals surface area contributed by atoms with Crippen molar-refractivity contribution in [1.82, 2.24) is 0 Å². The van der Waals surface area contributed by atoms with Gasteiger partial charge in [-0.1, -0.05) is 41.9 Å². The maximum absolute atomic E-state index is 12.9. The summed E-state index contributed by atoms with van der Waals surface area (Å²) in [6.07, 6.45) is 0. The van der Waals surface area contributed by atoms with E-state index in [1.165, 1.54) is 24.3 Å². The summed E-state index contributed by atoms with van der Waals surface area (Å²) in [5.41, 5.74) is -0.345. The Hall–Kier alpha value is -0.309. The largest absolute Gasteiger partial charge is 1.00 e. The van der Waals surface area contributed by atoms with Gasteiger partial charge >= 0.3 is 58.4 Å². The molecule has 20 heavy (non-hydrogen) atoms. The third-order valence-electron chi connectivity index (χ3n) is 2.63. The van der Waals surface area contributed by atoms with Gasteiger partial charge in [-0.2, -0.15) is 0 Å². The van der Waals surface area contributed by atoms with E-state index in [2.05, 4.69) is 0 Å². The fourth-order valence-electron chi connectivity index (χ4n) is 1.70. The quantitative estimate of drug-likeness (QED) is 0.808. The minimum atomic E-state index is -5.14. The van der Waals surface area contributed by atoms with E-state index in [0.717, 1.165) is 6.07 Å². The molecule has 1 N–H and O–H groups in total. The molecule has 0 atom stereocenters. The molecular formula is C13H11BF3KO2. The van der Waals surface area contributed by atoms with Crippen LogP contribution in [0.15, 0.2) is 48.5 Å². The summed E-state index contributed by atoms with van der Waals surface area (Å²) >= 11 is 0. The molecule has 0 aromatic heterocycles. The summed E-state index contributed by atoms with van der Waals surface area (Å²) in [5.74, 6) is -0.0339. The number of hydrogen-bond acceptors (Lipinski definition) is 2. The summed E-state index contributed by atoms with van der Waals surface area (Å²) in [5, 5.41) is 9.13. The summed E-state index contributed by atoms with van der Waals surface area (Å²) in [6.45, 7) is -5.44. The number of halogens is 3. The first-order chi connectivity index (χ1) is 9.02. The van der Waals surface area contributed by atoms with Crippen LogP contribution in [0.5, 0.6) is 11.5 Å². The van der Waals surface area contributed by atoms with Gasteiger partial charge in [-0.3, -0.25) is 0 Å². The molecule has 0 fully saturated rings. The third kappa shape index (κ3) is 4.34. The Morgan fingerprint density at radius 1 is 0.900 bits per heavy atom. The molecule has 0 radical (unpaired) electrons. The van der Waals surface area contributed by atoms with Gasteiger partial charge in [0, 0.05) is 5.56 Å². The van der Waals surface area contributed by atoms with Crippen molar-refractivity contribution in [2.45, 2.75) is 6.61 Å². The van der Waals surface area contributed by atoms with Crippen LogP contribution in [0.4, 0.5) is 12.9 Å². The zero-order valence-electron chi connectivity index (χ0n) is 10.9. The summed E-state index contributed by atoms with van der Waals surface area (Å²) in [4.78, 5) is 0. The number of benzene rings is 2. The van der Waals surface area contributed by atoms with E-state index in [9.17, 15) is 12.9 Å². The number of para-hydroxylation sites is 2. The SMILES string of the molecule is OCc1ccccc1Oc1ccccc1[B-](F)(F)F.[K+]. The number of hydrogen-bond donors (Lipinski definition) is 1. The van der Waals surface area contributed by atoms with Crippen molar-refractivity contribution < 1.29 is 74.2 Å². The first kappa shape index (κ1) is 17.7. The molecule has 2 aromatic rings. The molecule has 7 heteroatoms. The molecule has 0 aliphatic carbocycles. The molecule has 0 heterocycles. The van der Waals surface area contributed by atoms with Gasteiger partial charge in [0.25, 0.3) is 0 Å². The van der Waals surface area contributed by atoms with Crippen molar-refractivity contribution in [3.63, 3.8) is 0 Å². The zero-order valence-corrected chi connectivity index (χ0v) is 14.0. The van der Waals surface area contributed by atoms with Crippen molar-refractivity contribution >= 4 is 12.4 Å². The molecule has 0 spiro atoms. The summed E-state index contributed by atoms with van der Waals surface area (Å²) in [7, 11) is 0. The molecule has 0 aliphatic rings. The molecule has 0 unspecified atom stereocenters. The zero-order chi connectivity index (χ0) is 13.9. The van der Waals surface area contributed by atoms with Crippen LogP contribution in [0, 0.1) is 0 Å². The fourth-order valence-corrected chi connectivity index (χ4v) is 1.70. The van der Waals surface area contributed by atoms with Crippen LogP contribution >= 0.6 is 0 Å². The van der Waals surface area contributed by atoms with Gasteiger partial charge in [0.05, 0.1) is 6.61 Å². The molecule has 0 aliphatic heterocycles. The van der Waals surface area contributed by atoms with Gasteiger partial charge in [0.15, 0.2) is 0 Å². The average molecular weight is 306 g/mol. The fraction of sp³-hybridized carbons (Fsp3) is 0.0769. The van der Waals surface area contributed by atoms with Crippen molar-refractivity contribution in [2.24, 2.45) is 0 Å². The molecule has 2 rings (SSSR count).